The summed E-state index contributed by atoms with van der Waals surface area (Å²) >= 11 is 0. The van der Waals surface area contributed by atoms with Crippen LogP contribution in [0, 0.1) is 0 Å². The fourth-order valence-corrected chi connectivity index (χ4v) is 2.59. The van der Waals surface area contributed by atoms with E-state index in [0.717, 1.165) is 0 Å². The molecule has 0 amide bonds. The standard InChI is InChI=1S/C20H20N2O4/c1-14(2)22-19(23)17-11-7-6-10-16(17)18(21-22)20(24)26-13-12-25-15-8-4-3-5-9-15/h3-11,14H,12-13H2,1-2H3. The molecule has 1 aromatic heterocycles. The zero-order chi connectivity index (χ0) is 18.5. The number of carbonyl (C=O) groups is 1. The molecule has 0 atom stereocenters. The summed E-state index contributed by atoms with van der Waals surface area (Å²) in [4.78, 5) is 25.0. The third-order valence-corrected chi connectivity index (χ3v) is 3.84. The van der Waals surface area contributed by atoms with Crippen LogP contribution in [0.25, 0.3) is 10.8 Å². The zero-order valence-corrected chi connectivity index (χ0v) is 14.7. The minimum Gasteiger partial charge on any atom is -0.490 e. The van der Waals surface area contributed by atoms with Crippen LogP contribution >= 0.6 is 0 Å². The minimum atomic E-state index is -0.577. The topological polar surface area (TPSA) is 70.4 Å². The molecule has 0 saturated heterocycles. The van der Waals surface area contributed by atoms with Crippen molar-refractivity contribution in [2.45, 2.75) is 19.9 Å². The number of para-hydroxylation sites is 1. The van der Waals surface area contributed by atoms with Crippen LogP contribution in [0.15, 0.2) is 59.4 Å². The first-order valence-corrected chi connectivity index (χ1v) is 8.44. The number of aromatic nitrogens is 2. The van der Waals surface area contributed by atoms with Gasteiger partial charge in [-0.3, -0.25) is 4.79 Å². The Labute approximate surface area is 151 Å². The second-order valence-electron chi connectivity index (χ2n) is 6.04. The van der Waals surface area contributed by atoms with Crippen molar-refractivity contribution >= 4 is 16.7 Å². The molecule has 6 heteroatoms. The molecule has 0 fully saturated rings. The maximum Gasteiger partial charge on any atom is 0.359 e. The van der Waals surface area contributed by atoms with E-state index in [9.17, 15) is 9.59 Å². The maximum absolute atomic E-state index is 12.5. The van der Waals surface area contributed by atoms with E-state index in [0.29, 0.717) is 16.5 Å². The lowest BCUT2D eigenvalue weighted by molar-refractivity contribution is 0.0443. The highest BCUT2D eigenvalue weighted by Crippen LogP contribution is 2.16. The number of hydrogen-bond donors (Lipinski definition) is 0. The van der Waals surface area contributed by atoms with Gasteiger partial charge in [0, 0.05) is 5.39 Å². The second-order valence-corrected chi connectivity index (χ2v) is 6.04. The van der Waals surface area contributed by atoms with Gasteiger partial charge in [-0.15, -0.1) is 0 Å². The highest BCUT2D eigenvalue weighted by molar-refractivity contribution is 6.02. The van der Waals surface area contributed by atoms with E-state index in [2.05, 4.69) is 5.10 Å². The average molecular weight is 352 g/mol. The van der Waals surface area contributed by atoms with Crippen molar-refractivity contribution in [3.05, 3.63) is 70.6 Å². The average Bonchev–Trinajstić information content (AvgIpc) is 2.66. The lowest BCUT2D eigenvalue weighted by atomic mass is 10.1. The molecule has 3 aromatic rings. The molecule has 0 aliphatic carbocycles. The fraction of sp³-hybridized carbons (Fsp3) is 0.250. The quantitative estimate of drug-likeness (QED) is 0.503. The van der Waals surface area contributed by atoms with Gasteiger partial charge < -0.3 is 9.47 Å². The van der Waals surface area contributed by atoms with E-state index >= 15 is 0 Å². The first kappa shape index (κ1) is 17.7. The molecule has 0 unspecified atom stereocenters. The van der Waals surface area contributed by atoms with Gasteiger partial charge in [-0.1, -0.05) is 36.4 Å². The summed E-state index contributed by atoms with van der Waals surface area (Å²) in [6, 6.07) is 16.0. The van der Waals surface area contributed by atoms with Crippen LogP contribution in [-0.4, -0.2) is 29.0 Å². The van der Waals surface area contributed by atoms with Crippen LogP contribution in [0.2, 0.25) is 0 Å². The monoisotopic (exact) mass is 352 g/mol. The first-order chi connectivity index (χ1) is 12.6. The molecule has 3 rings (SSSR count). The molecule has 26 heavy (non-hydrogen) atoms. The molecule has 0 saturated carbocycles. The van der Waals surface area contributed by atoms with Crippen LogP contribution in [0.4, 0.5) is 0 Å². The van der Waals surface area contributed by atoms with Crippen LogP contribution in [0.1, 0.15) is 30.4 Å². The van der Waals surface area contributed by atoms with Crippen LogP contribution in [0.5, 0.6) is 5.75 Å². The minimum absolute atomic E-state index is 0.0878. The number of hydrogen-bond acceptors (Lipinski definition) is 5. The number of carbonyl (C=O) groups excluding carboxylic acids is 1. The molecule has 1 heterocycles. The Bertz CT molecular complexity index is 964. The number of benzene rings is 2. The summed E-state index contributed by atoms with van der Waals surface area (Å²) in [5.74, 6) is 0.132. The molecular weight excluding hydrogens is 332 g/mol. The molecular formula is C20H20N2O4. The van der Waals surface area contributed by atoms with Gasteiger partial charge in [0.2, 0.25) is 0 Å². The molecule has 134 valence electrons. The van der Waals surface area contributed by atoms with Crippen molar-refractivity contribution in [2.24, 2.45) is 0 Å². The summed E-state index contributed by atoms with van der Waals surface area (Å²) < 4.78 is 12.1. The molecule has 0 aliphatic heterocycles. The Hall–Kier alpha value is -3.15. The number of ether oxygens (including phenoxy) is 2. The highest BCUT2D eigenvalue weighted by Gasteiger charge is 2.18. The van der Waals surface area contributed by atoms with Gasteiger partial charge in [-0.2, -0.15) is 5.10 Å². The Kier molecular flexibility index (Phi) is 5.31. The van der Waals surface area contributed by atoms with E-state index in [4.69, 9.17) is 9.47 Å². The Balaban J connectivity index is 1.77. The van der Waals surface area contributed by atoms with Crippen molar-refractivity contribution in [3.63, 3.8) is 0 Å². The van der Waals surface area contributed by atoms with E-state index < -0.39 is 5.97 Å². The van der Waals surface area contributed by atoms with Crippen LogP contribution in [0.3, 0.4) is 0 Å². The molecule has 0 aliphatic rings. The molecule has 0 spiro atoms. The fourth-order valence-electron chi connectivity index (χ4n) is 2.59. The second kappa shape index (κ2) is 7.82. The van der Waals surface area contributed by atoms with E-state index in [1.807, 2.05) is 44.2 Å². The Morgan fingerprint density at radius 3 is 2.35 bits per heavy atom. The number of fused-ring (bicyclic) bond motifs is 1. The molecule has 0 radical (unpaired) electrons. The smallest absolute Gasteiger partial charge is 0.359 e. The van der Waals surface area contributed by atoms with Gasteiger partial charge in [0.25, 0.3) is 5.56 Å². The third kappa shape index (κ3) is 3.74. The first-order valence-electron chi connectivity index (χ1n) is 8.44. The van der Waals surface area contributed by atoms with E-state index in [-0.39, 0.29) is 30.5 Å². The van der Waals surface area contributed by atoms with Gasteiger partial charge in [-0.25, -0.2) is 9.48 Å². The predicted molar refractivity (Wildman–Crippen MR) is 98.6 cm³/mol. The summed E-state index contributed by atoms with van der Waals surface area (Å²) in [5, 5.41) is 5.16. The molecule has 2 aromatic carbocycles. The SMILES string of the molecule is CC(C)n1nc(C(=O)OCCOc2ccccc2)c2ccccc2c1=O. The largest absolute Gasteiger partial charge is 0.490 e. The zero-order valence-electron chi connectivity index (χ0n) is 14.7. The van der Waals surface area contributed by atoms with Gasteiger partial charge in [0.1, 0.15) is 19.0 Å². The number of nitrogens with zero attached hydrogens (tertiary/aromatic N) is 2. The lowest BCUT2D eigenvalue weighted by Gasteiger charge is -2.13. The van der Waals surface area contributed by atoms with Crippen LogP contribution in [-0.2, 0) is 4.74 Å². The van der Waals surface area contributed by atoms with Crippen molar-refractivity contribution in [1.29, 1.82) is 0 Å². The predicted octanol–water partition coefficient (Wildman–Crippen LogP) is 3.21. The van der Waals surface area contributed by atoms with Crippen molar-refractivity contribution in [3.8, 4) is 5.75 Å². The Morgan fingerprint density at radius 2 is 1.65 bits per heavy atom. The summed E-state index contributed by atoms with van der Waals surface area (Å²) in [6.07, 6.45) is 0. The number of rotatable bonds is 6. The summed E-state index contributed by atoms with van der Waals surface area (Å²) in [6.45, 7) is 4.00. The van der Waals surface area contributed by atoms with Gasteiger partial charge >= 0.3 is 5.97 Å². The summed E-state index contributed by atoms with van der Waals surface area (Å²) in [7, 11) is 0. The van der Waals surface area contributed by atoms with Crippen LogP contribution < -0.4 is 10.3 Å². The Morgan fingerprint density at radius 1 is 1.00 bits per heavy atom. The summed E-state index contributed by atoms with van der Waals surface area (Å²) in [5.41, 5.74) is -0.0897. The molecule has 0 N–H and O–H groups in total. The third-order valence-electron chi connectivity index (χ3n) is 3.84. The maximum atomic E-state index is 12.5. The molecule has 0 bridgehead atoms. The lowest BCUT2D eigenvalue weighted by Crippen LogP contribution is -2.28. The van der Waals surface area contributed by atoms with Gasteiger partial charge in [-0.05, 0) is 32.0 Å². The normalized spacial score (nSPS) is 10.9. The van der Waals surface area contributed by atoms with Crippen molar-refractivity contribution in [1.82, 2.24) is 9.78 Å². The molecule has 6 nitrogen and oxygen atoms in total. The van der Waals surface area contributed by atoms with E-state index in [1.165, 1.54) is 4.68 Å². The number of esters is 1. The van der Waals surface area contributed by atoms with Gasteiger partial charge in [0.05, 0.1) is 11.4 Å². The van der Waals surface area contributed by atoms with Gasteiger partial charge in [0.15, 0.2) is 5.69 Å². The highest BCUT2D eigenvalue weighted by atomic mass is 16.6. The van der Waals surface area contributed by atoms with E-state index in [1.54, 1.807) is 24.3 Å². The van der Waals surface area contributed by atoms with Crippen molar-refractivity contribution < 1.29 is 14.3 Å². The van der Waals surface area contributed by atoms with Crippen molar-refractivity contribution in [2.75, 3.05) is 13.2 Å².